The molecule has 1 aromatic heterocycles. The monoisotopic (exact) mass is 219 g/mol. The van der Waals surface area contributed by atoms with E-state index in [-0.39, 0.29) is 0 Å². The maximum absolute atomic E-state index is 4.35. The van der Waals surface area contributed by atoms with Crippen LogP contribution in [-0.4, -0.2) is 6.21 Å². The van der Waals surface area contributed by atoms with Crippen LogP contribution in [0.1, 0.15) is 11.1 Å². The first-order chi connectivity index (χ1) is 8.43. The van der Waals surface area contributed by atoms with Crippen LogP contribution >= 0.6 is 0 Å². The second-order valence-electron chi connectivity index (χ2n) is 3.85. The number of rotatable bonds is 0. The number of hydrogen-bond donors (Lipinski definition) is 0. The Morgan fingerprint density at radius 2 is 1.94 bits per heavy atom. The van der Waals surface area contributed by atoms with E-state index in [1.54, 1.807) is 0 Å². The molecule has 0 atom stereocenters. The van der Waals surface area contributed by atoms with Crippen molar-refractivity contribution in [1.82, 2.24) is 0 Å². The molecule has 1 aliphatic rings. The minimum absolute atomic E-state index is 0.906. The van der Waals surface area contributed by atoms with E-state index >= 15 is 0 Å². The summed E-state index contributed by atoms with van der Waals surface area (Å²) < 4.78 is 1.88. The molecule has 3 rings (SSSR count). The lowest BCUT2D eigenvalue weighted by molar-refractivity contribution is -0.569. The normalized spacial score (nSPS) is 11.8. The summed E-state index contributed by atoms with van der Waals surface area (Å²) in [5.74, 6) is 4.08. The topological polar surface area (TPSA) is 16.2 Å². The molecule has 0 bridgehead atoms. The molecule has 80 valence electrons. The van der Waals surface area contributed by atoms with Crippen molar-refractivity contribution < 1.29 is 4.57 Å². The van der Waals surface area contributed by atoms with E-state index in [1.807, 2.05) is 53.4 Å². The maximum Gasteiger partial charge on any atom is 0.339 e. The van der Waals surface area contributed by atoms with Crippen LogP contribution in [0.4, 0.5) is 5.82 Å². The Morgan fingerprint density at radius 3 is 2.82 bits per heavy atom. The van der Waals surface area contributed by atoms with Crippen molar-refractivity contribution in [1.29, 1.82) is 0 Å². The summed E-state index contributed by atoms with van der Waals surface area (Å²) in [6.07, 6.45) is 4.77. The minimum Gasteiger partial charge on any atom is -0.150 e. The van der Waals surface area contributed by atoms with Gasteiger partial charge in [0.05, 0.1) is 5.56 Å². The molecule has 0 saturated heterocycles. The predicted molar refractivity (Wildman–Crippen MR) is 67.2 cm³/mol. The molecule has 2 aromatic rings. The number of aromatic nitrogens is 1. The van der Waals surface area contributed by atoms with Gasteiger partial charge in [0, 0.05) is 12.0 Å². The Morgan fingerprint density at radius 1 is 1.06 bits per heavy atom. The molecule has 0 fully saturated rings. The van der Waals surface area contributed by atoms with Gasteiger partial charge >= 0.3 is 5.82 Å². The highest BCUT2D eigenvalue weighted by atomic mass is 15.0. The first kappa shape index (κ1) is 9.80. The summed E-state index contributed by atoms with van der Waals surface area (Å²) in [4.78, 5) is 4.35. The molecule has 2 heteroatoms. The zero-order valence-electron chi connectivity index (χ0n) is 9.30. The van der Waals surface area contributed by atoms with Gasteiger partial charge in [0.15, 0.2) is 0 Å². The fraction of sp³-hybridized carbons (Fsp3) is 0.0667. The highest BCUT2D eigenvalue weighted by Gasteiger charge is 2.18. The van der Waals surface area contributed by atoms with E-state index in [0.29, 0.717) is 0 Å². The zero-order chi connectivity index (χ0) is 11.5. The largest absolute Gasteiger partial charge is 0.339 e. The van der Waals surface area contributed by atoms with Crippen molar-refractivity contribution >= 4 is 12.0 Å². The Kier molecular flexibility index (Phi) is 2.44. The number of nitrogens with zero attached hydrogens (tertiary/aromatic N) is 2. The SMILES string of the molecule is C(#C[n+]1cccc2c1N=CC2)c1ccccc1. The third-order valence-corrected chi connectivity index (χ3v) is 2.67. The van der Waals surface area contributed by atoms with Crippen LogP contribution in [0.3, 0.4) is 0 Å². The van der Waals surface area contributed by atoms with Crippen molar-refractivity contribution in [2.45, 2.75) is 6.42 Å². The van der Waals surface area contributed by atoms with Crippen LogP contribution in [0.5, 0.6) is 0 Å². The lowest BCUT2D eigenvalue weighted by Crippen LogP contribution is -2.28. The van der Waals surface area contributed by atoms with E-state index in [0.717, 1.165) is 17.8 Å². The van der Waals surface area contributed by atoms with Crippen LogP contribution < -0.4 is 4.57 Å². The molecule has 1 aliphatic heterocycles. The fourth-order valence-corrected chi connectivity index (χ4v) is 1.82. The Labute approximate surface area is 100 Å². The van der Waals surface area contributed by atoms with E-state index in [4.69, 9.17) is 0 Å². The molecule has 0 amide bonds. The lowest BCUT2D eigenvalue weighted by atomic mass is 10.2. The first-order valence-electron chi connectivity index (χ1n) is 5.57. The van der Waals surface area contributed by atoms with Gasteiger partial charge in [0.25, 0.3) is 0 Å². The number of aliphatic imine (C=N–C) groups is 1. The van der Waals surface area contributed by atoms with Crippen molar-refractivity contribution in [2.75, 3.05) is 0 Å². The quantitative estimate of drug-likeness (QED) is 0.476. The number of pyridine rings is 1. The molecule has 2 heterocycles. The number of fused-ring (bicyclic) bond motifs is 1. The summed E-state index contributed by atoms with van der Waals surface area (Å²) in [5.41, 5.74) is 2.24. The van der Waals surface area contributed by atoms with Crippen LogP contribution in [0.25, 0.3) is 0 Å². The zero-order valence-corrected chi connectivity index (χ0v) is 9.30. The molecule has 0 radical (unpaired) electrons. The Balaban J connectivity index is 2.00. The molecule has 0 N–H and O–H groups in total. The van der Waals surface area contributed by atoms with Gasteiger partial charge in [-0.1, -0.05) is 23.2 Å². The van der Waals surface area contributed by atoms with Gasteiger partial charge in [0.2, 0.25) is 0 Å². The Hall–Kier alpha value is -2.40. The molecule has 0 aliphatic carbocycles. The molecule has 0 unspecified atom stereocenters. The summed E-state index contributed by atoms with van der Waals surface area (Å²) in [6, 6.07) is 17.2. The third-order valence-electron chi connectivity index (χ3n) is 2.67. The van der Waals surface area contributed by atoms with Gasteiger partial charge in [-0.25, -0.2) is 0 Å². The van der Waals surface area contributed by atoms with Gasteiger partial charge in [0.1, 0.15) is 18.5 Å². The summed E-state index contributed by atoms with van der Waals surface area (Å²) in [7, 11) is 0. The van der Waals surface area contributed by atoms with Gasteiger partial charge in [-0.2, -0.15) is 0 Å². The predicted octanol–water partition coefficient (Wildman–Crippen LogP) is 2.09. The molecule has 17 heavy (non-hydrogen) atoms. The van der Waals surface area contributed by atoms with Crippen molar-refractivity contribution in [3.8, 4) is 12.0 Å². The van der Waals surface area contributed by atoms with Gasteiger partial charge in [-0.15, -0.1) is 4.57 Å². The van der Waals surface area contributed by atoms with Crippen molar-refractivity contribution in [3.05, 3.63) is 59.8 Å². The van der Waals surface area contributed by atoms with Gasteiger partial charge in [-0.05, 0) is 30.2 Å². The molecule has 0 spiro atoms. The van der Waals surface area contributed by atoms with Crippen LogP contribution in [0.2, 0.25) is 0 Å². The highest BCUT2D eigenvalue weighted by molar-refractivity contribution is 5.72. The lowest BCUT2D eigenvalue weighted by Gasteiger charge is -1.92. The molecule has 1 aromatic carbocycles. The number of hydrogen-bond acceptors (Lipinski definition) is 1. The molecule has 0 saturated carbocycles. The van der Waals surface area contributed by atoms with Crippen molar-refractivity contribution in [3.63, 3.8) is 0 Å². The highest BCUT2D eigenvalue weighted by Crippen LogP contribution is 2.17. The molecule has 2 nitrogen and oxygen atoms in total. The number of benzene rings is 1. The summed E-state index contributed by atoms with van der Waals surface area (Å²) in [6.45, 7) is 0. The average molecular weight is 219 g/mol. The minimum atomic E-state index is 0.906. The summed E-state index contributed by atoms with van der Waals surface area (Å²) in [5, 5.41) is 0. The van der Waals surface area contributed by atoms with Gasteiger partial charge in [-0.3, -0.25) is 0 Å². The van der Waals surface area contributed by atoms with E-state index in [9.17, 15) is 0 Å². The second-order valence-corrected chi connectivity index (χ2v) is 3.85. The Bertz CT molecular complexity index is 631. The molecular weight excluding hydrogens is 208 g/mol. The fourth-order valence-electron chi connectivity index (χ4n) is 1.82. The van der Waals surface area contributed by atoms with Crippen LogP contribution in [-0.2, 0) is 6.42 Å². The standard InChI is InChI=1S/C15H11N2/c1-2-5-13(6-3-1)9-12-17-11-4-7-14-8-10-16-15(14)17/h1-7,10-11H,8H2/q+1. The third kappa shape index (κ3) is 1.95. The van der Waals surface area contributed by atoms with Gasteiger partial charge < -0.3 is 0 Å². The van der Waals surface area contributed by atoms with E-state index < -0.39 is 0 Å². The van der Waals surface area contributed by atoms with Crippen LogP contribution in [0, 0.1) is 12.0 Å². The molecular formula is C15H11N2+. The van der Waals surface area contributed by atoms with E-state index in [2.05, 4.69) is 23.0 Å². The summed E-state index contributed by atoms with van der Waals surface area (Å²) >= 11 is 0. The van der Waals surface area contributed by atoms with Crippen LogP contribution in [0.15, 0.2) is 53.7 Å². The second kappa shape index (κ2) is 4.23. The average Bonchev–Trinajstić information content (AvgIpc) is 2.86. The maximum atomic E-state index is 4.35. The van der Waals surface area contributed by atoms with Crippen molar-refractivity contribution in [2.24, 2.45) is 4.99 Å². The van der Waals surface area contributed by atoms with E-state index in [1.165, 1.54) is 5.56 Å². The smallest absolute Gasteiger partial charge is 0.150 e. The first-order valence-corrected chi connectivity index (χ1v) is 5.57.